The van der Waals surface area contributed by atoms with Gasteiger partial charge < -0.3 is 35.9 Å². The van der Waals surface area contributed by atoms with Gasteiger partial charge in [-0.1, -0.05) is 0 Å². The van der Waals surface area contributed by atoms with Crippen LogP contribution in [-0.2, 0) is 14.3 Å². The van der Waals surface area contributed by atoms with Crippen LogP contribution in [0.3, 0.4) is 0 Å². The van der Waals surface area contributed by atoms with Crippen molar-refractivity contribution in [2.24, 2.45) is 0 Å². The first-order valence-electron chi connectivity index (χ1n) is 6.82. The number of rotatable bonds is 7. The Bertz CT molecular complexity index is 351. The fourth-order valence-corrected chi connectivity index (χ4v) is 2.39. The molecule has 1 aliphatic rings. The number of carbonyl (C=O) groups is 2. The number of aliphatic carboxylic acids is 1. The first-order chi connectivity index (χ1) is 9.34. The number of esters is 1. The highest BCUT2D eigenvalue weighted by atomic mass is 16.5. The molecule has 1 fully saturated rings. The predicted molar refractivity (Wildman–Crippen MR) is 77.3 cm³/mol. The van der Waals surface area contributed by atoms with Crippen LogP contribution in [0.4, 0.5) is 0 Å². The summed E-state index contributed by atoms with van der Waals surface area (Å²) in [5.41, 5.74) is 0. The molecule has 0 amide bonds. The number of likely N-dealkylation sites (tertiary alicyclic amines) is 1. The summed E-state index contributed by atoms with van der Waals surface area (Å²) in [4.78, 5) is 24.0. The molecule has 0 aromatic carbocycles. The van der Waals surface area contributed by atoms with Gasteiger partial charge in [-0.3, -0.25) is 0 Å². The van der Waals surface area contributed by atoms with E-state index in [1.165, 1.54) is 0 Å². The Balaban J connectivity index is 0. The van der Waals surface area contributed by atoms with Gasteiger partial charge in [-0.15, -0.1) is 0 Å². The average molecular weight is 325 g/mol. The van der Waals surface area contributed by atoms with E-state index in [0.717, 1.165) is 19.3 Å². The highest BCUT2D eigenvalue weighted by Gasteiger charge is 2.31. The van der Waals surface area contributed by atoms with Crippen molar-refractivity contribution in [3.05, 3.63) is 0 Å². The lowest BCUT2D eigenvalue weighted by Crippen LogP contribution is -2.40. The second-order valence-corrected chi connectivity index (χ2v) is 5.28. The van der Waals surface area contributed by atoms with E-state index in [0.29, 0.717) is 18.5 Å². The molecule has 0 spiro atoms. The van der Waals surface area contributed by atoms with Gasteiger partial charge in [-0.05, 0) is 39.7 Å². The number of nitrogens with zero attached hydrogens (tertiary/aromatic N) is 1. The summed E-state index contributed by atoms with van der Waals surface area (Å²) in [5, 5.41) is 26.7. The van der Waals surface area contributed by atoms with E-state index < -0.39 is 24.1 Å². The molecule has 22 heavy (non-hydrogen) atoms. The van der Waals surface area contributed by atoms with E-state index in [1.54, 1.807) is 0 Å². The van der Waals surface area contributed by atoms with Crippen molar-refractivity contribution >= 4 is 11.9 Å². The van der Waals surface area contributed by atoms with Gasteiger partial charge in [0.2, 0.25) is 0 Å². The summed E-state index contributed by atoms with van der Waals surface area (Å²) in [5.74, 6) is -2.76. The summed E-state index contributed by atoms with van der Waals surface area (Å²) in [6.45, 7) is 2.28. The van der Waals surface area contributed by atoms with Crippen LogP contribution in [0.1, 0.15) is 32.6 Å². The number of carboxylic acid groups (broad SMARTS) is 1. The molecule has 132 valence electrons. The highest BCUT2D eigenvalue weighted by Crippen LogP contribution is 2.24. The Morgan fingerprint density at radius 3 is 2.27 bits per heavy atom. The van der Waals surface area contributed by atoms with Crippen molar-refractivity contribution in [2.45, 2.75) is 56.9 Å². The number of carbonyl (C=O) groups excluding carboxylic acids is 1. The van der Waals surface area contributed by atoms with Gasteiger partial charge >= 0.3 is 11.9 Å². The lowest BCUT2D eigenvalue weighted by molar-refractivity contribution is -0.169. The molecule has 7 N–H and O–H groups in total. The zero-order chi connectivity index (χ0) is 15.3. The van der Waals surface area contributed by atoms with E-state index in [4.69, 9.17) is 14.9 Å². The largest absolute Gasteiger partial charge is 0.479 e. The van der Waals surface area contributed by atoms with Crippen molar-refractivity contribution in [1.82, 2.24) is 4.90 Å². The summed E-state index contributed by atoms with van der Waals surface area (Å²) in [6.07, 6.45) is -0.392. The molecule has 1 rings (SSSR count). The van der Waals surface area contributed by atoms with E-state index in [9.17, 15) is 14.7 Å². The van der Waals surface area contributed by atoms with Gasteiger partial charge in [-0.2, -0.15) is 0 Å². The molecule has 9 heteroatoms. The van der Waals surface area contributed by atoms with Gasteiger partial charge in [0.05, 0.1) is 6.61 Å². The SMILES string of the molecule is C[C@@H]1CC[C@H](CCCOC(=O)C(O)C(O)C(=O)O)N1C.O.O. The molecule has 1 heterocycles. The molecule has 0 aromatic rings. The molecular weight excluding hydrogens is 298 g/mol. The van der Waals surface area contributed by atoms with Gasteiger partial charge in [0.25, 0.3) is 0 Å². The van der Waals surface area contributed by atoms with Crippen LogP contribution in [0.25, 0.3) is 0 Å². The van der Waals surface area contributed by atoms with E-state index in [-0.39, 0.29) is 17.6 Å². The lowest BCUT2D eigenvalue weighted by atomic mass is 10.1. The Hall–Kier alpha value is -1.26. The van der Waals surface area contributed by atoms with Crippen molar-refractivity contribution in [3.63, 3.8) is 0 Å². The van der Waals surface area contributed by atoms with Crippen LogP contribution in [-0.4, -0.2) is 81.1 Å². The van der Waals surface area contributed by atoms with Crippen molar-refractivity contribution < 1.29 is 40.6 Å². The van der Waals surface area contributed by atoms with E-state index in [1.807, 2.05) is 0 Å². The third-order valence-corrected chi connectivity index (χ3v) is 3.91. The maximum absolute atomic E-state index is 11.3. The number of hydrogen-bond acceptors (Lipinski definition) is 6. The van der Waals surface area contributed by atoms with E-state index >= 15 is 0 Å². The minimum atomic E-state index is -2.15. The summed E-state index contributed by atoms with van der Waals surface area (Å²) >= 11 is 0. The normalized spacial score (nSPS) is 23.8. The smallest absolute Gasteiger partial charge is 0.338 e. The van der Waals surface area contributed by atoms with E-state index in [2.05, 4.69) is 18.9 Å². The van der Waals surface area contributed by atoms with Gasteiger partial charge in [-0.25, -0.2) is 9.59 Å². The predicted octanol–water partition coefficient (Wildman–Crippen LogP) is -2.05. The zero-order valence-electron chi connectivity index (χ0n) is 12.9. The molecule has 0 aliphatic carbocycles. The van der Waals surface area contributed by atoms with Gasteiger partial charge in [0.1, 0.15) is 0 Å². The van der Waals surface area contributed by atoms with Gasteiger partial charge in [0, 0.05) is 12.1 Å². The first-order valence-corrected chi connectivity index (χ1v) is 6.82. The third-order valence-electron chi connectivity index (χ3n) is 3.91. The van der Waals surface area contributed by atoms with Crippen molar-refractivity contribution in [3.8, 4) is 0 Å². The Labute approximate surface area is 129 Å². The Morgan fingerprint density at radius 1 is 1.23 bits per heavy atom. The minimum absolute atomic E-state index is 0. The number of aliphatic hydroxyl groups is 2. The molecule has 0 radical (unpaired) electrons. The quantitative estimate of drug-likeness (QED) is 0.357. The van der Waals surface area contributed by atoms with Crippen LogP contribution in [0.2, 0.25) is 0 Å². The van der Waals surface area contributed by atoms with Crippen molar-refractivity contribution in [2.75, 3.05) is 13.7 Å². The molecule has 1 saturated heterocycles. The molecule has 2 unspecified atom stereocenters. The number of aliphatic hydroxyl groups excluding tert-OH is 2. The summed E-state index contributed by atoms with van der Waals surface area (Å²) < 4.78 is 4.77. The summed E-state index contributed by atoms with van der Waals surface area (Å²) in [7, 11) is 2.07. The summed E-state index contributed by atoms with van der Waals surface area (Å²) in [6, 6.07) is 1.04. The van der Waals surface area contributed by atoms with Crippen molar-refractivity contribution in [1.29, 1.82) is 0 Å². The second-order valence-electron chi connectivity index (χ2n) is 5.28. The molecule has 0 bridgehead atoms. The average Bonchev–Trinajstić information content (AvgIpc) is 2.73. The highest BCUT2D eigenvalue weighted by molar-refractivity contribution is 5.84. The number of hydrogen-bond donors (Lipinski definition) is 3. The van der Waals surface area contributed by atoms with Crippen LogP contribution in [0.15, 0.2) is 0 Å². The third kappa shape index (κ3) is 6.24. The standard InChI is InChI=1S/C13H23NO6.2H2O/c1-8-5-6-9(14(8)2)4-3-7-20-13(19)11(16)10(15)12(17)18;;/h8-11,15-16H,3-7H2,1-2H3,(H,17,18);2*1H2/t8-,9+,10?,11?;;/m1../s1. The number of ether oxygens (including phenoxy) is 1. The Kier molecular flexibility index (Phi) is 10.9. The van der Waals surface area contributed by atoms with Crippen LogP contribution in [0.5, 0.6) is 0 Å². The topological polar surface area (TPSA) is 170 Å². The van der Waals surface area contributed by atoms with Crippen LogP contribution >= 0.6 is 0 Å². The number of carboxylic acids is 1. The first kappa shape index (κ1) is 23.0. The Morgan fingerprint density at radius 2 is 1.82 bits per heavy atom. The molecule has 1 aliphatic heterocycles. The monoisotopic (exact) mass is 325 g/mol. The maximum Gasteiger partial charge on any atom is 0.338 e. The lowest BCUT2D eigenvalue weighted by Gasteiger charge is -2.23. The molecule has 4 atom stereocenters. The maximum atomic E-state index is 11.3. The fraction of sp³-hybridized carbons (Fsp3) is 0.846. The molecule has 9 nitrogen and oxygen atoms in total. The fourth-order valence-electron chi connectivity index (χ4n) is 2.39. The van der Waals surface area contributed by atoms with Crippen LogP contribution in [0, 0.1) is 0 Å². The minimum Gasteiger partial charge on any atom is -0.479 e. The van der Waals surface area contributed by atoms with Crippen LogP contribution < -0.4 is 0 Å². The van der Waals surface area contributed by atoms with Gasteiger partial charge in [0.15, 0.2) is 12.2 Å². The second kappa shape index (κ2) is 10.5. The zero-order valence-corrected chi connectivity index (χ0v) is 12.9. The molecule has 0 aromatic heterocycles. The molecular formula is C13H27NO8. The molecule has 0 saturated carbocycles.